The van der Waals surface area contributed by atoms with Crippen molar-refractivity contribution in [2.24, 2.45) is 0 Å². The quantitative estimate of drug-likeness (QED) is 0.146. The fourth-order valence-electron chi connectivity index (χ4n) is 22.7. The highest BCUT2D eigenvalue weighted by Crippen LogP contribution is 2.54. The smallest absolute Gasteiger partial charge is 0.235 e. The van der Waals surface area contributed by atoms with Crippen LogP contribution in [0.15, 0.2) is 466 Å². The second-order valence-corrected chi connectivity index (χ2v) is 38.2. The molecule has 12 nitrogen and oxygen atoms in total. The van der Waals surface area contributed by atoms with E-state index in [4.69, 9.17) is 29.9 Å². The van der Waals surface area contributed by atoms with Gasteiger partial charge in [0.15, 0.2) is 0 Å². The number of halogens is 1. The van der Waals surface area contributed by atoms with E-state index >= 15 is 0 Å². The summed E-state index contributed by atoms with van der Waals surface area (Å²) < 4.78 is 12.7. The van der Waals surface area contributed by atoms with Crippen LogP contribution in [0, 0.1) is 0 Å². The van der Waals surface area contributed by atoms with Crippen LogP contribution in [0.1, 0.15) is 25.0 Å². The van der Waals surface area contributed by atoms with Crippen molar-refractivity contribution in [1.29, 1.82) is 0 Å². The monoisotopic (exact) mass is 1880 g/mol. The highest BCUT2D eigenvalue weighted by Gasteiger charge is 2.38. The first-order chi connectivity index (χ1) is 70.1. The van der Waals surface area contributed by atoms with E-state index in [1.165, 1.54) is 125 Å². The van der Waals surface area contributed by atoms with E-state index in [0.717, 1.165) is 133 Å². The standard InChI is InChI=1S/C47H32N4.C44H27BrN4.C38H24N4/c1-47(2)35-22-12-14-24-40(35)51-44-34(42-32-20-10-9-19-31(32)27-36(47)45(42)51)25-26-41-43(44)33-21-11-13-23-39(33)50(41)46-48-37(29-15-5-3-6-16-29)28-38(49-46)30-17-7-4-8-18-30;45-34-20-10-12-22-38(34)48-39-25-23-28-13-7-8-18-31(28)41(39)33-24-26-40-42(43(33)48)32-19-9-11-21-37(32)49(40)44-46-35(29-14-3-1-4-15-29)27-36(47-44)30-16-5-2-6-17-30;1-3-12-25(13-4-1)31-23-32(26-14-5-2-6-15-26)41-38(40-31)42-33-18-10-9-17-28(33)36-34(42)22-20-29-35-27-16-8-7-11-24(27)19-21-30(35)39-37(29)36/h3-28H,1-2H3;1-27H;1-23,39H. The van der Waals surface area contributed by atoms with Gasteiger partial charge in [-0.05, 0) is 150 Å². The molecular formula is C129H83BrN12. The summed E-state index contributed by atoms with van der Waals surface area (Å²) in [5.74, 6) is 1.95. The van der Waals surface area contributed by atoms with Crippen LogP contribution in [0.4, 0.5) is 0 Å². The molecule has 9 aromatic heterocycles. The number of hydrogen-bond acceptors (Lipinski definition) is 6. The largest absolute Gasteiger partial charge is 0.354 e. The molecule has 29 aromatic rings. The Labute approximate surface area is 823 Å². The second-order valence-electron chi connectivity index (χ2n) is 37.3. The average molecular weight is 1880 g/mol. The molecule has 0 saturated carbocycles. The van der Waals surface area contributed by atoms with Crippen molar-refractivity contribution in [3.05, 3.63) is 477 Å². The summed E-state index contributed by atoms with van der Waals surface area (Å²) in [5, 5.41) is 22.1. The van der Waals surface area contributed by atoms with Crippen molar-refractivity contribution in [3.63, 3.8) is 0 Å². The van der Waals surface area contributed by atoms with Crippen molar-refractivity contribution < 1.29 is 0 Å². The summed E-state index contributed by atoms with van der Waals surface area (Å²) in [6, 6.07) is 163. The molecule has 0 bridgehead atoms. The van der Waals surface area contributed by atoms with E-state index in [9.17, 15) is 0 Å². The predicted molar refractivity (Wildman–Crippen MR) is 592 cm³/mol. The first-order valence-corrected chi connectivity index (χ1v) is 49.0. The minimum atomic E-state index is -0.171. The SMILES string of the molecule is Brc1ccccc1-n1c2ccc3ccccc3c2c2ccc3c(c4ccccc4n3-c3nc(-c4ccccc4)cc(-c4ccccc4)n3)c21.CC1(C)c2ccccc2-n2c3c1cc1ccccc1c3c1ccc3c(c4ccccc4n3-c3nc(-c4ccccc4)cc(-c4ccccc4)n3)c12.c1ccc(-c2cc(-c3ccccc3)nc(-n3c4ccccc4c4c5[nH]c6ccc7ccccc7c6c5ccc43)n2)cc1. The highest BCUT2D eigenvalue weighted by molar-refractivity contribution is 9.10. The molecule has 13 heteroatoms. The van der Waals surface area contributed by atoms with Crippen molar-refractivity contribution >= 4 is 179 Å². The highest BCUT2D eigenvalue weighted by atomic mass is 79.9. The molecule has 10 heterocycles. The molecule has 0 atom stereocenters. The third-order valence-corrected chi connectivity index (χ3v) is 29.7. The maximum absolute atomic E-state index is 5.30. The topological polar surface area (TPSA) is 118 Å². The number of aromatic nitrogens is 12. The average Bonchev–Trinajstić information content (AvgIpc) is 1.49. The molecule has 30 rings (SSSR count). The van der Waals surface area contributed by atoms with Crippen LogP contribution in [-0.4, -0.2) is 57.7 Å². The first kappa shape index (κ1) is 82.0. The predicted octanol–water partition coefficient (Wildman–Crippen LogP) is 33.4. The van der Waals surface area contributed by atoms with Crippen LogP contribution in [-0.2, 0) is 5.41 Å². The molecule has 0 amide bonds. The number of nitrogens with zero attached hydrogens (tertiary/aromatic N) is 11. The molecule has 0 spiro atoms. The van der Waals surface area contributed by atoms with E-state index in [2.05, 4.69) is 482 Å². The molecule has 1 aliphatic heterocycles. The Hall–Kier alpha value is -18.3. The summed E-state index contributed by atoms with van der Waals surface area (Å²) in [6.07, 6.45) is 0. The van der Waals surface area contributed by atoms with Gasteiger partial charge < -0.3 is 14.1 Å². The molecule has 0 saturated heterocycles. The zero-order valence-corrected chi connectivity index (χ0v) is 78.8. The van der Waals surface area contributed by atoms with Gasteiger partial charge in [0.25, 0.3) is 0 Å². The van der Waals surface area contributed by atoms with E-state index in [-0.39, 0.29) is 5.41 Å². The molecule has 20 aromatic carbocycles. The molecule has 666 valence electrons. The number of rotatable bonds is 10. The van der Waals surface area contributed by atoms with Crippen LogP contribution >= 0.6 is 15.9 Å². The minimum Gasteiger partial charge on any atom is -0.354 e. The number of H-pyrrole nitrogens is 1. The molecular weight excluding hydrogens is 1800 g/mol. The lowest BCUT2D eigenvalue weighted by molar-refractivity contribution is 0.631. The summed E-state index contributed by atoms with van der Waals surface area (Å²) in [7, 11) is 0. The molecule has 0 radical (unpaired) electrons. The molecule has 0 fully saturated rings. The van der Waals surface area contributed by atoms with Gasteiger partial charge in [0.2, 0.25) is 17.8 Å². The molecule has 1 aliphatic rings. The maximum atomic E-state index is 5.30. The lowest BCUT2D eigenvalue weighted by Gasteiger charge is -2.35. The first-order valence-electron chi connectivity index (χ1n) is 48.2. The van der Waals surface area contributed by atoms with Crippen LogP contribution in [0.25, 0.3) is 260 Å². The minimum absolute atomic E-state index is 0.171. The van der Waals surface area contributed by atoms with Gasteiger partial charge in [-0.3, -0.25) is 13.7 Å². The molecule has 0 aliphatic carbocycles. The molecule has 0 unspecified atom stereocenters. The van der Waals surface area contributed by atoms with Crippen LogP contribution in [0.5, 0.6) is 0 Å². The van der Waals surface area contributed by atoms with Crippen LogP contribution in [0.3, 0.4) is 0 Å². The number of fused-ring (bicyclic) bond motifs is 29. The van der Waals surface area contributed by atoms with E-state index in [0.29, 0.717) is 17.8 Å². The fourth-order valence-corrected chi connectivity index (χ4v) is 23.2. The lowest BCUT2D eigenvalue weighted by atomic mass is 9.74. The normalized spacial score (nSPS) is 12.4. The van der Waals surface area contributed by atoms with Gasteiger partial charge in [0.05, 0.1) is 106 Å². The van der Waals surface area contributed by atoms with E-state index in [1.54, 1.807) is 0 Å². The maximum Gasteiger partial charge on any atom is 0.235 e. The van der Waals surface area contributed by atoms with Crippen molar-refractivity contribution in [2.75, 3.05) is 0 Å². The zero-order chi connectivity index (χ0) is 93.9. The molecule has 1 N–H and O–H groups in total. The summed E-state index contributed by atoms with van der Waals surface area (Å²) in [5.41, 5.74) is 30.1. The Bertz CT molecular complexity index is 10100. The Morgan fingerprint density at radius 2 is 0.535 bits per heavy atom. The number of nitrogens with one attached hydrogen (secondary N) is 1. The number of benzene rings is 20. The van der Waals surface area contributed by atoms with Crippen LogP contribution in [0.2, 0.25) is 0 Å². The van der Waals surface area contributed by atoms with Gasteiger partial charge in [-0.1, -0.05) is 384 Å². The van der Waals surface area contributed by atoms with Gasteiger partial charge in [0, 0.05) is 113 Å². The van der Waals surface area contributed by atoms with Gasteiger partial charge in [-0.15, -0.1) is 0 Å². The third-order valence-electron chi connectivity index (χ3n) is 29.0. The Balaban J connectivity index is 0.000000105. The Kier molecular flexibility index (Phi) is 18.9. The van der Waals surface area contributed by atoms with Gasteiger partial charge in [-0.2, -0.15) is 0 Å². The number of para-hydroxylation sites is 5. The van der Waals surface area contributed by atoms with Crippen molar-refractivity contribution in [1.82, 2.24) is 57.7 Å². The zero-order valence-electron chi connectivity index (χ0n) is 77.2. The van der Waals surface area contributed by atoms with Gasteiger partial charge >= 0.3 is 0 Å². The van der Waals surface area contributed by atoms with Crippen molar-refractivity contribution in [3.8, 4) is 96.8 Å². The fraction of sp³-hybridized carbons (Fsp3) is 0.0233. The van der Waals surface area contributed by atoms with Crippen molar-refractivity contribution in [2.45, 2.75) is 19.3 Å². The summed E-state index contributed by atoms with van der Waals surface area (Å²) in [6.45, 7) is 4.75. The van der Waals surface area contributed by atoms with Gasteiger partial charge in [-0.25, -0.2) is 29.9 Å². The van der Waals surface area contributed by atoms with Crippen LogP contribution < -0.4 is 0 Å². The summed E-state index contributed by atoms with van der Waals surface area (Å²) in [4.78, 5) is 35.3. The van der Waals surface area contributed by atoms with E-state index < -0.39 is 0 Å². The Morgan fingerprint density at radius 3 is 0.986 bits per heavy atom. The number of aromatic amines is 1. The number of hydrogen-bond donors (Lipinski definition) is 1. The second kappa shape index (κ2) is 32.7. The lowest BCUT2D eigenvalue weighted by Crippen LogP contribution is -2.26. The van der Waals surface area contributed by atoms with Gasteiger partial charge in [0.1, 0.15) is 0 Å². The Morgan fingerprint density at radius 1 is 0.211 bits per heavy atom. The molecule has 142 heavy (non-hydrogen) atoms. The summed E-state index contributed by atoms with van der Waals surface area (Å²) >= 11 is 3.91. The van der Waals surface area contributed by atoms with E-state index in [1.807, 2.05) is 36.4 Å². The third kappa shape index (κ3) is 12.9.